The summed E-state index contributed by atoms with van der Waals surface area (Å²) in [6, 6.07) is 4.41. The Hall–Kier alpha value is -2.76. The molecular weight excluding hydrogens is 444 g/mol. The van der Waals surface area contributed by atoms with E-state index in [4.69, 9.17) is 0 Å². The second-order valence-electron chi connectivity index (χ2n) is 9.35. The van der Waals surface area contributed by atoms with Gasteiger partial charge < -0.3 is 4.90 Å². The van der Waals surface area contributed by atoms with E-state index >= 15 is 0 Å². The summed E-state index contributed by atoms with van der Waals surface area (Å²) < 4.78 is 32.9. The number of nitrogens with zero attached hydrogens (tertiary/aromatic N) is 5. The summed E-state index contributed by atoms with van der Waals surface area (Å²) in [6.45, 7) is 3.09. The quantitative estimate of drug-likeness (QED) is 0.489. The average molecular weight is 475 g/mol. The predicted octanol–water partition coefficient (Wildman–Crippen LogP) is 0.728. The molecule has 2 aromatic heterocycles. The summed E-state index contributed by atoms with van der Waals surface area (Å²) in [5.74, 6) is 0. The zero-order valence-corrected chi connectivity index (χ0v) is 20.2. The molecule has 3 aromatic rings. The van der Waals surface area contributed by atoms with Crippen molar-refractivity contribution in [3.63, 3.8) is 0 Å². The first-order valence-electron chi connectivity index (χ1n) is 10.9. The highest BCUT2D eigenvalue weighted by Gasteiger charge is 2.41. The van der Waals surface area contributed by atoms with Crippen LogP contribution in [0, 0.1) is 0 Å². The van der Waals surface area contributed by atoms with Crippen LogP contribution in [0.3, 0.4) is 0 Å². The Labute approximate surface area is 192 Å². The minimum Gasteiger partial charge on any atom is -0.309 e. The summed E-state index contributed by atoms with van der Waals surface area (Å²) >= 11 is 0. The van der Waals surface area contributed by atoms with Crippen LogP contribution < -0.4 is 16.0 Å². The number of fused-ring (bicyclic) bond motifs is 1. The Morgan fingerprint density at radius 3 is 2.52 bits per heavy atom. The lowest BCUT2D eigenvalue weighted by Gasteiger charge is -2.17. The van der Waals surface area contributed by atoms with E-state index < -0.39 is 26.8 Å². The summed E-state index contributed by atoms with van der Waals surface area (Å²) in [7, 11) is 1.88. The van der Waals surface area contributed by atoms with Crippen molar-refractivity contribution in [2.45, 2.75) is 49.7 Å². The number of aryl methyl sites for hydroxylation is 2. The fourth-order valence-corrected chi connectivity index (χ4v) is 5.37. The number of aromatic nitrogens is 4. The first kappa shape index (κ1) is 23.4. The maximum atomic E-state index is 13.4. The van der Waals surface area contributed by atoms with E-state index in [0.717, 1.165) is 24.0 Å². The largest absolute Gasteiger partial charge is 0.331 e. The number of nitrogens with one attached hydrogen (secondary N) is 1. The van der Waals surface area contributed by atoms with Gasteiger partial charge in [0, 0.05) is 30.9 Å². The van der Waals surface area contributed by atoms with Crippen molar-refractivity contribution in [3.05, 3.63) is 57.0 Å². The van der Waals surface area contributed by atoms with Gasteiger partial charge >= 0.3 is 5.69 Å². The Morgan fingerprint density at radius 1 is 1.18 bits per heavy atom. The van der Waals surface area contributed by atoms with Crippen molar-refractivity contribution in [1.29, 1.82) is 0 Å². The number of hydrogen-bond acceptors (Lipinski definition) is 6. The van der Waals surface area contributed by atoms with Gasteiger partial charge in [-0.3, -0.25) is 18.6 Å². The SMILES string of the molecule is CN(C)CCCn1c(=O)n(Cc2cnn(C)c2)c(=O)c2cc(S(=O)(=O)NC3(C)CC3)ccc21. The lowest BCUT2D eigenvalue weighted by molar-refractivity contribution is 0.384. The fourth-order valence-electron chi connectivity index (χ4n) is 3.88. The van der Waals surface area contributed by atoms with Gasteiger partial charge in [0.2, 0.25) is 10.0 Å². The standard InChI is InChI=1S/C22H30N6O4S/c1-22(8-9-22)24-33(31,32)17-6-7-19-18(12-17)20(29)28(15-16-13-23-26(4)14-16)21(30)27(19)11-5-10-25(2)3/h6-7,12-14,24H,5,8-11,15H2,1-4H3. The van der Waals surface area contributed by atoms with Gasteiger partial charge in [0.1, 0.15) is 0 Å². The highest BCUT2D eigenvalue weighted by molar-refractivity contribution is 7.89. The van der Waals surface area contributed by atoms with Crippen molar-refractivity contribution in [2.75, 3.05) is 20.6 Å². The molecule has 33 heavy (non-hydrogen) atoms. The van der Waals surface area contributed by atoms with E-state index in [1.807, 2.05) is 25.9 Å². The van der Waals surface area contributed by atoms with Gasteiger partial charge in [0.15, 0.2) is 0 Å². The monoisotopic (exact) mass is 474 g/mol. The normalized spacial score (nSPS) is 15.4. The zero-order chi connectivity index (χ0) is 24.0. The Kier molecular flexibility index (Phi) is 6.06. The van der Waals surface area contributed by atoms with E-state index in [2.05, 4.69) is 9.82 Å². The molecule has 0 unspecified atom stereocenters. The molecule has 178 valence electrons. The third-order valence-electron chi connectivity index (χ3n) is 5.97. The maximum absolute atomic E-state index is 13.4. The first-order valence-corrected chi connectivity index (χ1v) is 12.4. The molecule has 0 amide bonds. The van der Waals surface area contributed by atoms with Crippen molar-refractivity contribution >= 4 is 20.9 Å². The first-order chi connectivity index (χ1) is 15.5. The van der Waals surface area contributed by atoms with Crippen LogP contribution >= 0.6 is 0 Å². The second kappa shape index (κ2) is 8.54. The predicted molar refractivity (Wildman–Crippen MR) is 126 cm³/mol. The van der Waals surface area contributed by atoms with Crippen molar-refractivity contribution in [2.24, 2.45) is 7.05 Å². The maximum Gasteiger partial charge on any atom is 0.331 e. The molecule has 0 spiro atoms. The molecule has 4 rings (SSSR count). The highest BCUT2D eigenvalue weighted by atomic mass is 32.2. The molecule has 1 aliphatic rings. The molecule has 10 nitrogen and oxygen atoms in total. The lowest BCUT2D eigenvalue weighted by atomic mass is 10.2. The molecule has 2 heterocycles. The average Bonchev–Trinajstić information content (AvgIpc) is 3.31. The van der Waals surface area contributed by atoms with Crippen LogP contribution in [-0.2, 0) is 30.2 Å². The number of hydrogen-bond donors (Lipinski definition) is 1. The summed E-state index contributed by atoms with van der Waals surface area (Å²) in [6.07, 6.45) is 5.61. The third kappa shape index (κ3) is 4.94. The molecule has 1 saturated carbocycles. The second-order valence-corrected chi connectivity index (χ2v) is 11.0. The van der Waals surface area contributed by atoms with Crippen molar-refractivity contribution in [1.82, 2.24) is 28.5 Å². The lowest BCUT2D eigenvalue weighted by Crippen LogP contribution is -2.41. The summed E-state index contributed by atoms with van der Waals surface area (Å²) in [5.41, 5.74) is -0.225. The summed E-state index contributed by atoms with van der Waals surface area (Å²) in [5, 5.41) is 4.31. The van der Waals surface area contributed by atoms with E-state index in [1.165, 1.54) is 12.1 Å². The van der Waals surface area contributed by atoms with Crippen LogP contribution in [0.1, 0.15) is 31.7 Å². The molecule has 0 bridgehead atoms. The van der Waals surface area contributed by atoms with Gasteiger partial charge in [-0.05, 0) is 65.0 Å². The zero-order valence-electron chi connectivity index (χ0n) is 19.4. The van der Waals surface area contributed by atoms with Crippen LogP contribution in [0.4, 0.5) is 0 Å². The number of benzene rings is 1. The minimum absolute atomic E-state index is 0.0200. The molecule has 11 heteroatoms. The topological polar surface area (TPSA) is 111 Å². The van der Waals surface area contributed by atoms with Gasteiger partial charge in [-0.1, -0.05) is 0 Å². The van der Waals surface area contributed by atoms with E-state index in [0.29, 0.717) is 24.0 Å². The Bertz CT molecular complexity index is 1410. The Morgan fingerprint density at radius 2 is 1.91 bits per heavy atom. The molecule has 0 aliphatic heterocycles. The number of rotatable bonds is 9. The number of sulfonamides is 1. The van der Waals surface area contributed by atoms with Crippen LogP contribution in [-0.4, -0.2) is 58.4 Å². The van der Waals surface area contributed by atoms with E-state index in [-0.39, 0.29) is 16.8 Å². The van der Waals surface area contributed by atoms with Gasteiger partial charge in [0.25, 0.3) is 5.56 Å². The molecule has 0 atom stereocenters. The molecule has 0 saturated heterocycles. The van der Waals surface area contributed by atoms with Gasteiger partial charge in [0.05, 0.1) is 28.5 Å². The van der Waals surface area contributed by atoms with Crippen LogP contribution in [0.25, 0.3) is 10.9 Å². The molecule has 0 radical (unpaired) electrons. The Balaban J connectivity index is 1.85. The summed E-state index contributed by atoms with van der Waals surface area (Å²) in [4.78, 5) is 28.7. The molecule has 1 N–H and O–H groups in total. The van der Waals surface area contributed by atoms with Gasteiger partial charge in [-0.25, -0.2) is 17.9 Å². The van der Waals surface area contributed by atoms with Crippen molar-refractivity contribution in [3.8, 4) is 0 Å². The third-order valence-corrected chi connectivity index (χ3v) is 7.61. The van der Waals surface area contributed by atoms with Crippen molar-refractivity contribution < 1.29 is 8.42 Å². The van der Waals surface area contributed by atoms with Gasteiger partial charge in [-0.15, -0.1) is 0 Å². The molecular formula is C22H30N6O4S. The fraction of sp³-hybridized carbons (Fsp3) is 0.500. The van der Waals surface area contributed by atoms with Crippen LogP contribution in [0.2, 0.25) is 0 Å². The highest BCUT2D eigenvalue weighted by Crippen LogP contribution is 2.36. The van der Waals surface area contributed by atoms with Gasteiger partial charge in [-0.2, -0.15) is 5.10 Å². The van der Waals surface area contributed by atoms with Crippen LogP contribution in [0.15, 0.2) is 45.1 Å². The van der Waals surface area contributed by atoms with E-state index in [1.54, 1.807) is 34.8 Å². The molecule has 1 aliphatic carbocycles. The smallest absolute Gasteiger partial charge is 0.309 e. The molecule has 1 aromatic carbocycles. The van der Waals surface area contributed by atoms with Crippen LogP contribution in [0.5, 0.6) is 0 Å². The minimum atomic E-state index is -3.79. The van der Waals surface area contributed by atoms with E-state index in [9.17, 15) is 18.0 Å². The molecule has 1 fully saturated rings.